The third-order valence-corrected chi connectivity index (χ3v) is 8.87. The van der Waals surface area contributed by atoms with E-state index in [9.17, 15) is 18.0 Å². The molecule has 7 nitrogen and oxygen atoms in total. The van der Waals surface area contributed by atoms with Gasteiger partial charge in [0.1, 0.15) is 12.6 Å². The fraction of sp³-hybridized carbons (Fsp3) is 0.394. The molecule has 0 radical (unpaired) electrons. The Bertz CT molecular complexity index is 1390. The molecule has 3 rings (SSSR count). The van der Waals surface area contributed by atoms with E-state index in [1.54, 1.807) is 41.3 Å². The summed E-state index contributed by atoms with van der Waals surface area (Å²) < 4.78 is 29.2. The van der Waals surface area contributed by atoms with Gasteiger partial charge in [0.05, 0.1) is 10.6 Å². The summed E-state index contributed by atoms with van der Waals surface area (Å²) >= 11 is 0. The van der Waals surface area contributed by atoms with Crippen molar-refractivity contribution in [2.24, 2.45) is 0 Å². The van der Waals surface area contributed by atoms with Crippen LogP contribution in [0.15, 0.2) is 77.7 Å². The average molecular weight is 578 g/mol. The van der Waals surface area contributed by atoms with Gasteiger partial charge < -0.3 is 10.2 Å². The second kappa shape index (κ2) is 14.8. The zero-order chi connectivity index (χ0) is 30.0. The molecule has 0 aliphatic carbocycles. The Morgan fingerprint density at radius 2 is 1.49 bits per heavy atom. The first-order valence-electron chi connectivity index (χ1n) is 14.4. The van der Waals surface area contributed by atoms with Crippen molar-refractivity contribution in [2.75, 3.05) is 23.9 Å². The van der Waals surface area contributed by atoms with Crippen LogP contribution in [-0.2, 0) is 26.0 Å². The largest absolute Gasteiger partial charge is 0.354 e. The van der Waals surface area contributed by atoms with E-state index in [-0.39, 0.29) is 17.3 Å². The zero-order valence-electron chi connectivity index (χ0n) is 24.9. The predicted molar refractivity (Wildman–Crippen MR) is 165 cm³/mol. The number of benzene rings is 3. The summed E-state index contributed by atoms with van der Waals surface area (Å²) in [5, 5.41) is 2.96. The van der Waals surface area contributed by atoms with E-state index in [4.69, 9.17) is 0 Å². The first-order chi connectivity index (χ1) is 19.6. The van der Waals surface area contributed by atoms with E-state index < -0.39 is 28.5 Å². The molecule has 1 atom stereocenters. The number of carbonyl (C=O) groups is 2. The van der Waals surface area contributed by atoms with Crippen molar-refractivity contribution >= 4 is 27.5 Å². The minimum Gasteiger partial charge on any atom is -0.354 e. The first-order valence-corrected chi connectivity index (χ1v) is 15.8. The number of aryl methyl sites for hydroxylation is 3. The molecule has 0 saturated carbocycles. The Hall–Kier alpha value is -3.65. The minimum absolute atomic E-state index is 0.107. The van der Waals surface area contributed by atoms with Gasteiger partial charge in [-0.25, -0.2) is 8.42 Å². The van der Waals surface area contributed by atoms with Gasteiger partial charge in [-0.3, -0.25) is 13.9 Å². The fourth-order valence-corrected chi connectivity index (χ4v) is 6.26. The Labute approximate surface area is 245 Å². The summed E-state index contributed by atoms with van der Waals surface area (Å²) in [6, 6.07) is 21.2. The molecule has 0 aromatic heterocycles. The molecule has 2 amide bonds. The van der Waals surface area contributed by atoms with Crippen LogP contribution in [0.5, 0.6) is 0 Å². The van der Waals surface area contributed by atoms with Crippen LogP contribution in [0.3, 0.4) is 0 Å². The second-order valence-electron chi connectivity index (χ2n) is 10.6. The number of hydrogen-bond donors (Lipinski definition) is 1. The van der Waals surface area contributed by atoms with Crippen molar-refractivity contribution in [3.63, 3.8) is 0 Å². The second-order valence-corrected chi connectivity index (χ2v) is 12.4. The van der Waals surface area contributed by atoms with E-state index in [2.05, 4.69) is 12.2 Å². The third-order valence-electron chi connectivity index (χ3n) is 7.08. The van der Waals surface area contributed by atoms with E-state index in [0.29, 0.717) is 25.1 Å². The Kier molecular flexibility index (Phi) is 11.5. The van der Waals surface area contributed by atoms with Gasteiger partial charge in [0.25, 0.3) is 10.0 Å². The monoisotopic (exact) mass is 577 g/mol. The van der Waals surface area contributed by atoms with Crippen LogP contribution >= 0.6 is 0 Å². The Morgan fingerprint density at radius 3 is 2.07 bits per heavy atom. The zero-order valence-corrected chi connectivity index (χ0v) is 25.7. The van der Waals surface area contributed by atoms with E-state index in [1.165, 1.54) is 4.31 Å². The van der Waals surface area contributed by atoms with Crippen molar-refractivity contribution in [1.29, 1.82) is 0 Å². The minimum atomic E-state index is -4.09. The van der Waals surface area contributed by atoms with Gasteiger partial charge in [0.2, 0.25) is 11.8 Å². The molecule has 0 aliphatic heterocycles. The molecule has 0 saturated heterocycles. The van der Waals surface area contributed by atoms with Gasteiger partial charge >= 0.3 is 0 Å². The number of sulfonamides is 1. The molecular weight excluding hydrogens is 534 g/mol. The van der Waals surface area contributed by atoms with Gasteiger partial charge in [-0.1, -0.05) is 74.4 Å². The smallest absolute Gasteiger partial charge is 0.264 e. The lowest BCUT2D eigenvalue weighted by atomic mass is 10.1. The third kappa shape index (κ3) is 8.67. The van der Waals surface area contributed by atoms with Crippen LogP contribution in [0.1, 0.15) is 55.4 Å². The molecule has 1 N–H and O–H groups in total. The molecule has 0 fully saturated rings. The number of nitrogens with zero attached hydrogens (tertiary/aromatic N) is 2. The molecule has 220 valence electrons. The summed E-state index contributed by atoms with van der Waals surface area (Å²) in [5.41, 5.74) is 4.16. The van der Waals surface area contributed by atoms with Gasteiger partial charge in [0, 0.05) is 13.1 Å². The van der Waals surface area contributed by atoms with Gasteiger partial charge in [-0.05, 0) is 81.0 Å². The summed E-state index contributed by atoms with van der Waals surface area (Å²) in [5.74, 6) is -0.644. The number of unbranched alkanes of at least 4 members (excludes halogenated alkanes) is 1. The highest BCUT2D eigenvalue weighted by Gasteiger charge is 2.33. The molecule has 0 heterocycles. The normalized spacial score (nSPS) is 12.0. The van der Waals surface area contributed by atoms with Gasteiger partial charge in [0.15, 0.2) is 0 Å². The lowest BCUT2D eigenvalue weighted by Gasteiger charge is -2.33. The quantitative estimate of drug-likeness (QED) is 0.254. The predicted octanol–water partition coefficient (Wildman–Crippen LogP) is 5.57. The Balaban J connectivity index is 2.01. The number of rotatable bonds is 14. The van der Waals surface area contributed by atoms with E-state index in [1.807, 2.05) is 64.1 Å². The van der Waals surface area contributed by atoms with Crippen LogP contribution in [0.25, 0.3) is 0 Å². The first kappa shape index (κ1) is 31.9. The van der Waals surface area contributed by atoms with E-state index in [0.717, 1.165) is 35.1 Å². The van der Waals surface area contributed by atoms with Crippen molar-refractivity contribution in [2.45, 2.75) is 71.2 Å². The number of amides is 2. The molecule has 0 unspecified atom stereocenters. The van der Waals surface area contributed by atoms with E-state index >= 15 is 0 Å². The molecule has 3 aromatic rings. The van der Waals surface area contributed by atoms with Gasteiger partial charge in [-0.15, -0.1) is 0 Å². The fourth-order valence-electron chi connectivity index (χ4n) is 4.86. The number of nitrogens with one attached hydrogen (secondary N) is 1. The molecular formula is C33H43N3O4S. The lowest BCUT2D eigenvalue weighted by molar-refractivity contribution is -0.139. The topological polar surface area (TPSA) is 86.8 Å². The van der Waals surface area contributed by atoms with Crippen LogP contribution < -0.4 is 9.62 Å². The standard InChI is InChI=1S/C33H43N3O4S/c1-6-8-19-34-33(38)31(7-2)35(20-18-28-12-10-9-11-13-28)32(37)24-36(29-22-26(4)21-27(5)23-29)41(39,40)30-16-14-25(3)15-17-30/h9-17,21-23,31H,6-8,18-20,24H2,1-5H3,(H,34,38)/t31-/m1/s1. The van der Waals surface area contributed by atoms with Gasteiger partial charge in [-0.2, -0.15) is 0 Å². The summed E-state index contributed by atoms with van der Waals surface area (Å²) in [6.45, 7) is 10.0. The van der Waals surface area contributed by atoms with Crippen molar-refractivity contribution < 1.29 is 18.0 Å². The van der Waals surface area contributed by atoms with Crippen molar-refractivity contribution in [3.05, 3.63) is 95.1 Å². The summed E-state index contributed by atoms with van der Waals surface area (Å²) in [4.78, 5) is 29.0. The van der Waals surface area contributed by atoms with Crippen LogP contribution in [-0.4, -0.2) is 50.8 Å². The number of hydrogen-bond acceptors (Lipinski definition) is 4. The summed E-state index contributed by atoms with van der Waals surface area (Å²) in [6.07, 6.45) is 2.73. The van der Waals surface area contributed by atoms with Crippen LogP contribution in [0.2, 0.25) is 0 Å². The highest BCUT2D eigenvalue weighted by molar-refractivity contribution is 7.92. The Morgan fingerprint density at radius 1 is 0.854 bits per heavy atom. The van der Waals surface area contributed by atoms with Crippen LogP contribution in [0.4, 0.5) is 5.69 Å². The lowest BCUT2D eigenvalue weighted by Crippen LogP contribution is -2.53. The SMILES string of the molecule is CCCCNC(=O)[C@@H](CC)N(CCc1ccccc1)C(=O)CN(c1cc(C)cc(C)c1)S(=O)(=O)c1ccc(C)cc1. The average Bonchev–Trinajstić information content (AvgIpc) is 2.94. The summed E-state index contributed by atoms with van der Waals surface area (Å²) in [7, 11) is -4.09. The van der Waals surface area contributed by atoms with Crippen molar-refractivity contribution in [3.8, 4) is 0 Å². The number of carbonyl (C=O) groups excluding carboxylic acids is 2. The maximum absolute atomic E-state index is 14.1. The molecule has 0 spiro atoms. The maximum atomic E-state index is 14.1. The molecule has 0 bridgehead atoms. The highest BCUT2D eigenvalue weighted by Crippen LogP contribution is 2.27. The molecule has 41 heavy (non-hydrogen) atoms. The molecule has 0 aliphatic rings. The molecule has 3 aromatic carbocycles. The van der Waals surface area contributed by atoms with Crippen LogP contribution in [0, 0.1) is 20.8 Å². The molecule has 8 heteroatoms. The number of anilines is 1. The van der Waals surface area contributed by atoms with Crippen molar-refractivity contribution in [1.82, 2.24) is 10.2 Å². The maximum Gasteiger partial charge on any atom is 0.264 e. The highest BCUT2D eigenvalue weighted by atomic mass is 32.2.